The van der Waals surface area contributed by atoms with E-state index >= 15 is 0 Å². The maximum absolute atomic E-state index is 12.2. The SMILES string of the molecule is Cc1cccc2c1nc(N)n2C(C)C(=O)NC1CC1. The Bertz CT molecular complexity index is 642. The Hall–Kier alpha value is -2.04. The highest BCUT2D eigenvalue weighted by Crippen LogP contribution is 2.26. The topological polar surface area (TPSA) is 72.9 Å². The largest absolute Gasteiger partial charge is 0.369 e. The van der Waals surface area contributed by atoms with E-state index in [9.17, 15) is 4.79 Å². The van der Waals surface area contributed by atoms with E-state index in [1.54, 1.807) is 4.57 Å². The molecule has 3 N–H and O–H groups in total. The number of amides is 1. The normalized spacial score (nSPS) is 16.5. The van der Waals surface area contributed by atoms with Gasteiger partial charge in [0.15, 0.2) is 0 Å². The van der Waals surface area contributed by atoms with Crippen molar-refractivity contribution in [2.24, 2.45) is 0 Å². The Balaban J connectivity index is 2.01. The molecular weight excluding hydrogens is 240 g/mol. The highest BCUT2D eigenvalue weighted by Gasteiger charge is 2.27. The van der Waals surface area contributed by atoms with Gasteiger partial charge >= 0.3 is 0 Å². The first-order valence-electron chi connectivity index (χ1n) is 6.61. The fourth-order valence-corrected chi connectivity index (χ4v) is 2.35. The molecule has 5 heteroatoms. The second-order valence-corrected chi connectivity index (χ2v) is 5.24. The van der Waals surface area contributed by atoms with Gasteiger partial charge in [-0.2, -0.15) is 0 Å². The third kappa shape index (κ3) is 2.05. The van der Waals surface area contributed by atoms with Crippen LogP contribution in [0.4, 0.5) is 5.95 Å². The van der Waals surface area contributed by atoms with Crippen LogP contribution in [0.3, 0.4) is 0 Å². The zero-order chi connectivity index (χ0) is 13.6. The van der Waals surface area contributed by atoms with E-state index in [1.807, 2.05) is 32.0 Å². The number of nitrogens with two attached hydrogens (primary N) is 1. The molecule has 0 radical (unpaired) electrons. The molecule has 2 aromatic rings. The quantitative estimate of drug-likeness (QED) is 0.881. The standard InChI is InChI=1S/C14H18N4O/c1-8-4-3-5-11-12(8)17-14(15)18(11)9(2)13(19)16-10-6-7-10/h3-5,9-10H,6-7H2,1-2H3,(H2,15,17)(H,16,19). The molecule has 1 aliphatic carbocycles. The van der Waals surface area contributed by atoms with Crippen molar-refractivity contribution < 1.29 is 4.79 Å². The second-order valence-electron chi connectivity index (χ2n) is 5.24. The van der Waals surface area contributed by atoms with Crippen molar-refractivity contribution in [3.8, 4) is 0 Å². The number of imidazole rings is 1. The van der Waals surface area contributed by atoms with Gasteiger partial charge in [-0.1, -0.05) is 12.1 Å². The van der Waals surface area contributed by atoms with Crippen LogP contribution in [-0.4, -0.2) is 21.5 Å². The number of para-hydroxylation sites is 1. The summed E-state index contributed by atoms with van der Waals surface area (Å²) in [6, 6.07) is 5.92. The molecule has 0 aliphatic heterocycles. The summed E-state index contributed by atoms with van der Waals surface area (Å²) in [4.78, 5) is 16.5. The van der Waals surface area contributed by atoms with E-state index < -0.39 is 0 Å². The molecule has 1 saturated carbocycles. The van der Waals surface area contributed by atoms with Gasteiger partial charge in [0.05, 0.1) is 11.0 Å². The average molecular weight is 258 g/mol. The fraction of sp³-hybridized carbons (Fsp3) is 0.429. The summed E-state index contributed by atoms with van der Waals surface area (Å²) < 4.78 is 1.81. The smallest absolute Gasteiger partial charge is 0.243 e. The van der Waals surface area contributed by atoms with Gasteiger partial charge < -0.3 is 11.1 Å². The zero-order valence-electron chi connectivity index (χ0n) is 11.2. The van der Waals surface area contributed by atoms with Crippen LogP contribution in [0.15, 0.2) is 18.2 Å². The van der Waals surface area contributed by atoms with Crippen LogP contribution >= 0.6 is 0 Å². The van der Waals surface area contributed by atoms with Crippen molar-refractivity contribution in [2.45, 2.75) is 38.8 Å². The number of nitrogen functional groups attached to an aromatic ring is 1. The van der Waals surface area contributed by atoms with Gasteiger partial charge in [0.25, 0.3) is 0 Å². The van der Waals surface area contributed by atoms with Crippen LogP contribution in [-0.2, 0) is 4.79 Å². The van der Waals surface area contributed by atoms with Gasteiger partial charge in [0.2, 0.25) is 11.9 Å². The van der Waals surface area contributed by atoms with E-state index in [1.165, 1.54) is 0 Å². The molecule has 1 atom stereocenters. The summed E-state index contributed by atoms with van der Waals surface area (Å²) in [5, 5.41) is 3.01. The van der Waals surface area contributed by atoms with Crippen LogP contribution in [0.25, 0.3) is 11.0 Å². The van der Waals surface area contributed by atoms with Crippen LogP contribution in [0.1, 0.15) is 31.4 Å². The Morgan fingerprint density at radius 2 is 2.26 bits per heavy atom. The number of anilines is 1. The lowest BCUT2D eigenvalue weighted by Crippen LogP contribution is -2.32. The number of carbonyl (C=O) groups excluding carboxylic acids is 1. The molecule has 19 heavy (non-hydrogen) atoms. The third-order valence-electron chi connectivity index (χ3n) is 3.64. The summed E-state index contributed by atoms with van der Waals surface area (Å²) in [5.41, 5.74) is 8.83. The number of hydrogen-bond acceptors (Lipinski definition) is 3. The number of carbonyl (C=O) groups is 1. The minimum atomic E-state index is -0.340. The molecule has 0 saturated heterocycles. The van der Waals surface area contributed by atoms with E-state index in [0.717, 1.165) is 29.4 Å². The number of rotatable bonds is 3. The number of nitrogens with one attached hydrogen (secondary N) is 1. The van der Waals surface area contributed by atoms with Crippen LogP contribution in [0.2, 0.25) is 0 Å². The van der Waals surface area contributed by atoms with Crippen molar-refractivity contribution in [1.29, 1.82) is 0 Å². The van der Waals surface area contributed by atoms with E-state index in [2.05, 4.69) is 10.3 Å². The predicted molar refractivity (Wildman–Crippen MR) is 74.8 cm³/mol. The van der Waals surface area contributed by atoms with Crippen LogP contribution in [0.5, 0.6) is 0 Å². The maximum Gasteiger partial charge on any atom is 0.243 e. The van der Waals surface area contributed by atoms with Gasteiger partial charge in [-0.15, -0.1) is 0 Å². The van der Waals surface area contributed by atoms with Crippen LogP contribution in [0, 0.1) is 6.92 Å². The Labute approximate surface area is 111 Å². The van der Waals surface area contributed by atoms with Crippen molar-refractivity contribution in [1.82, 2.24) is 14.9 Å². The minimum Gasteiger partial charge on any atom is -0.369 e. The summed E-state index contributed by atoms with van der Waals surface area (Å²) in [5.74, 6) is 0.401. The van der Waals surface area contributed by atoms with Gasteiger partial charge in [-0.3, -0.25) is 9.36 Å². The highest BCUT2D eigenvalue weighted by atomic mass is 16.2. The molecule has 3 rings (SSSR count). The number of benzene rings is 1. The molecule has 1 aliphatic rings. The molecule has 100 valence electrons. The molecule has 1 aromatic heterocycles. The molecule has 1 unspecified atom stereocenters. The number of hydrogen-bond donors (Lipinski definition) is 2. The lowest BCUT2D eigenvalue weighted by Gasteiger charge is -2.15. The summed E-state index contributed by atoms with van der Waals surface area (Å²) in [6.07, 6.45) is 2.16. The lowest BCUT2D eigenvalue weighted by molar-refractivity contribution is -0.123. The third-order valence-corrected chi connectivity index (χ3v) is 3.64. The minimum absolute atomic E-state index is 0.00926. The van der Waals surface area contributed by atoms with Gasteiger partial charge in [0, 0.05) is 6.04 Å². The lowest BCUT2D eigenvalue weighted by atomic mass is 10.2. The first kappa shape index (κ1) is 12.0. The molecule has 5 nitrogen and oxygen atoms in total. The van der Waals surface area contributed by atoms with E-state index in [-0.39, 0.29) is 11.9 Å². The molecule has 0 spiro atoms. The first-order chi connectivity index (χ1) is 9.08. The number of fused-ring (bicyclic) bond motifs is 1. The number of nitrogens with zero attached hydrogens (tertiary/aromatic N) is 2. The van der Waals surface area contributed by atoms with Gasteiger partial charge in [0.1, 0.15) is 6.04 Å². The summed E-state index contributed by atoms with van der Waals surface area (Å²) in [6.45, 7) is 3.85. The predicted octanol–water partition coefficient (Wildman–Crippen LogP) is 1.77. The molecule has 1 amide bonds. The number of aryl methyl sites for hydroxylation is 1. The Kier molecular flexibility index (Phi) is 2.69. The molecule has 0 bridgehead atoms. The van der Waals surface area contributed by atoms with Crippen LogP contribution < -0.4 is 11.1 Å². The average Bonchev–Trinajstić information content (AvgIpc) is 3.10. The van der Waals surface area contributed by atoms with E-state index in [4.69, 9.17) is 5.73 Å². The molecule has 1 heterocycles. The Morgan fingerprint density at radius 1 is 1.53 bits per heavy atom. The van der Waals surface area contributed by atoms with Gasteiger partial charge in [-0.05, 0) is 38.3 Å². The number of aromatic nitrogens is 2. The fourth-order valence-electron chi connectivity index (χ4n) is 2.35. The highest BCUT2D eigenvalue weighted by molar-refractivity contribution is 5.87. The Morgan fingerprint density at radius 3 is 2.95 bits per heavy atom. The first-order valence-corrected chi connectivity index (χ1v) is 6.61. The summed E-state index contributed by atoms with van der Waals surface area (Å²) >= 11 is 0. The van der Waals surface area contributed by atoms with Crippen molar-refractivity contribution in [3.63, 3.8) is 0 Å². The van der Waals surface area contributed by atoms with E-state index in [0.29, 0.717) is 12.0 Å². The van der Waals surface area contributed by atoms with Crippen molar-refractivity contribution in [3.05, 3.63) is 23.8 Å². The van der Waals surface area contributed by atoms with Gasteiger partial charge in [-0.25, -0.2) is 4.98 Å². The maximum atomic E-state index is 12.2. The molecule has 1 aromatic carbocycles. The monoisotopic (exact) mass is 258 g/mol. The van der Waals surface area contributed by atoms with Crippen molar-refractivity contribution in [2.75, 3.05) is 5.73 Å². The summed E-state index contributed by atoms with van der Waals surface area (Å²) in [7, 11) is 0. The second kappa shape index (κ2) is 4.26. The molecule has 1 fully saturated rings. The molecular formula is C14H18N4O. The van der Waals surface area contributed by atoms with Crippen molar-refractivity contribution >= 4 is 22.9 Å². The zero-order valence-corrected chi connectivity index (χ0v) is 11.2.